The van der Waals surface area contributed by atoms with Crippen molar-refractivity contribution >= 4 is 18.2 Å². The lowest BCUT2D eigenvalue weighted by atomic mass is 10.1. The fourth-order valence-corrected chi connectivity index (χ4v) is 1.33. The minimum Gasteiger partial charge on any atom is -0.431 e. The predicted molar refractivity (Wildman–Crippen MR) is 50.1 cm³/mol. The Kier molecular flexibility index (Phi) is 2.00. The number of anilines is 1. The lowest BCUT2D eigenvalue weighted by Gasteiger charge is -2.16. The molecule has 66 valence electrons. The first kappa shape index (κ1) is 7.86. The van der Waals surface area contributed by atoms with Gasteiger partial charge in [0.1, 0.15) is 5.76 Å². The number of benzene rings is 1. The Morgan fingerprint density at radius 3 is 3.08 bits per heavy atom. The van der Waals surface area contributed by atoms with Crippen LogP contribution in [0.5, 0.6) is 0 Å². The highest BCUT2D eigenvalue weighted by molar-refractivity contribution is 5.71. The molecular weight excluding hydrogens is 166 g/mol. The highest BCUT2D eigenvalue weighted by atomic mass is 16.5. The summed E-state index contributed by atoms with van der Waals surface area (Å²) >= 11 is 0. The Labute approximate surface area is 76.0 Å². The van der Waals surface area contributed by atoms with Gasteiger partial charge in [-0.1, -0.05) is 18.2 Å². The van der Waals surface area contributed by atoms with Crippen LogP contribution in [0.3, 0.4) is 0 Å². The van der Waals surface area contributed by atoms with Gasteiger partial charge in [-0.2, -0.15) is 0 Å². The van der Waals surface area contributed by atoms with E-state index in [9.17, 15) is 4.79 Å². The van der Waals surface area contributed by atoms with Crippen LogP contribution in [0.25, 0.3) is 6.08 Å². The summed E-state index contributed by atoms with van der Waals surface area (Å²) in [6, 6.07) is 7.87. The molecular formula is C10H9NO2. The van der Waals surface area contributed by atoms with Crippen molar-refractivity contribution in [3.8, 4) is 0 Å². The molecule has 0 saturated heterocycles. The molecule has 1 aliphatic rings. The first-order chi connectivity index (χ1) is 6.40. The number of hydrogen-bond acceptors (Lipinski definition) is 3. The Morgan fingerprint density at radius 2 is 2.23 bits per heavy atom. The van der Waals surface area contributed by atoms with E-state index in [-0.39, 0.29) is 0 Å². The molecule has 0 aliphatic carbocycles. The molecule has 0 radical (unpaired) electrons. The summed E-state index contributed by atoms with van der Waals surface area (Å²) in [6.07, 6.45) is 1.86. The zero-order chi connectivity index (χ0) is 9.10. The lowest BCUT2D eigenvalue weighted by molar-refractivity contribution is -0.124. The molecule has 2 rings (SSSR count). The second-order valence-electron chi connectivity index (χ2n) is 2.77. The van der Waals surface area contributed by atoms with Gasteiger partial charge in [-0.25, -0.2) is 0 Å². The van der Waals surface area contributed by atoms with Gasteiger partial charge in [0.25, 0.3) is 6.47 Å². The van der Waals surface area contributed by atoms with E-state index >= 15 is 0 Å². The Balaban J connectivity index is 2.32. The van der Waals surface area contributed by atoms with Gasteiger partial charge in [0.05, 0.1) is 6.54 Å². The molecule has 0 atom stereocenters. The molecule has 1 aliphatic heterocycles. The molecule has 0 fully saturated rings. The molecule has 13 heavy (non-hydrogen) atoms. The Hall–Kier alpha value is -1.77. The summed E-state index contributed by atoms with van der Waals surface area (Å²) < 4.78 is 4.76. The molecule has 0 spiro atoms. The third-order valence-corrected chi connectivity index (χ3v) is 1.93. The van der Waals surface area contributed by atoms with Crippen LogP contribution in [-0.2, 0) is 9.53 Å². The minimum absolute atomic E-state index is 0.446. The molecule has 3 heteroatoms. The Morgan fingerprint density at radius 1 is 1.38 bits per heavy atom. The molecule has 1 N–H and O–H groups in total. The average molecular weight is 175 g/mol. The van der Waals surface area contributed by atoms with E-state index in [0.29, 0.717) is 18.8 Å². The van der Waals surface area contributed by atoms with Crippen LogP contribution in [0, 0.1) is 0 Å². The fourth-order valence-electron chi connectivity index (χ4n) is 1.33. The predicted octanol–water partition coefficient (Wildman–Crippen LogP) is 1.63. The fraction of sp³-hybridized carbons (Fsp3) is 0.100. The van der Waals surface area contributed by atoms with Gasteiger partial charge in [-0.3, -0.25) is 4.79 Å². The van der Waals surface area contributed by atoms with E-state index in [2.05, 4.69) is 5.32 Å². The van der Waals surface area contributed by atoms with E-state index < -0.39 is 0 Å². The summed E-state index contributed by atoms with van der Waals surface area (Å²) in [5, 5.41) is 3.15. The molecule has 0 amide bonds. The molecule has 0 saturated carbocycles. The maximum Gasteiger partial charge on any atom is 0.298 e. The number of ether oxygens (including phenoxy) is 1. The van der Waals surface area contributed by atoms with Crippen LogP contribution in [0.4, 0.5) is 5.69 Å². The van der Waals surface area contributed by atoms with Gasteiger partial charge in [0.15, 0.2) is 0 Å². The lowest BCUT2D eigenvalue weighted by Crippen LogP contribution is -2.11. The third-order valence-electron chi connectivity index (χ3n) is 1.93. The van der Waals surface area contributed by atoms with E-state index in [1.54, 1.807) is 0 Å². The van der Waals surface area contributed by atoms with Crippen molar-refractivity contribution in [2.45, 2.75) is 0 Å². The second kappa shape index (κ2) is 3.31. The summed E-state index contributed by atoms with van der Waals surface area (Å²) in [5.74, 6) is 0.647. The smallest absolute Gasteiger partial charge is 0.298 e. The first-order valence-electron chi connectivity index (χ1n) is 4.04. The number of nitrogens with one attached hydrogen (secondary N) is 1. The van der Waals surface area contributed by atoms with Crippen LogP contribution >= 0.6 is 0 Å². The van der Waals surface area contributed by atoms with Crippen molar-refractivity contribution < 1.29 is 9.53 Å². The summed E-state index contributed by atoms with van der Waals surface area (Å²) in [7, 11) is 0. The molecule has 1 heterocycles. The molecule has 1 aromatic carbocycles. The average Bonchev–Trinajstić information content (AvgIpc) is 2.18. The third kappa shape index (κ3) is 1.54. The van der Waals surface area contributed by atoms with Gasteiger partial charge in [0, 0.05) is 11.3 Å². The maximum absolute atomic E-state index is 10.1. The maximum atomic E-state index is 10.1. The van der Waals surface area contributed by atoms with Crippen LogP contribution in [-0.4, -0.2) is 13.0 Å². The topological polar surface area (TPSA) is 38.3 Å². The number of fused-ring (bicyclic) bond motifs is 1. The standard InChI is InChI=1S/C10H9NO2/c12-7-13-9-5-8-3-1-2-4-10(8)11-6-9/h1-5,7,11H,6H2. The van der Waals surface area contributed by atoms with Crippen molar-refractivity contribution in [3.63, 3.8) is 0 Å². The number of para-hydroxylation sites is 1. The molecule has 0 aromatic heterocycles. The summed E-state index contributed by atoms with van der Waals surface area (Å²) in [5.41, 5.74) is 2.12. The van der Waals surface area contributed by atoms with Gasteiger partial charge in [0.2, 0.25) is 0 Å². The molecule has 0 unspecified atom stereocenters. The second-order valence-corrected chi connectivity index (χ2v) is 2.77. The van der Waals surface area contributed by atoms with Crippen LogP contribution < -0.4 is 5.32 Å². The van der Waals surface area contributed by atoms with Crippen molar-refractivity contribution in [2.75, 3.05) is 11.9 Å². The van der Waals surface area contributed by atoms with Crippen molar-refractivity contribution in [1.29, 1.82) is 0 Å². The zero-order valence-corrected chi connectivity index (χ0v) is 6.99. The van der Waals surface area contributed by atoms with Gasteiger partial charge in [-0.15, -0.1) is 0 Å². The summed E-state index contributed by atoms with van der Waals surface area (Å²) in [6.45, 7) is 1.01. The van der Waals surface area contributed by atoms with Gasteiger partial charge < -0.3 is 10.1 Å². The molecule has 3 nitrogen and oxygen atoms in total. The minimum atomic E-state index is 0.446. The zero-order valence-electron chi connectivity index (χ0n) is 6.99. The van der Waals surface area contributed by atoms with E-state index in [4.69, 9.17) is 4.74 Å². The number of rotatable bonds is 2. The van der Waals surface area contributed by atoms with Crippen LogP contribution in [0.2, 0.25) is 0 Å². The quantitative estimate of drug-likeness (QED) is 0.694. The van der Waals surface area contributed by atoms with Crippen molar-refractivity contribution in [1.82, 2.24) is 0 Å². The largest absolute Gasteiger partial charge is 0.431 e. The highest BCUT2D eigenvalue weighted by Crippen LogP contribution is 2.22. The molecule has 0 bridgehead atoms. The van der Waals surface area contributed by atoms with Crippen molar-refractivity contribution in [3.05, 3.63) is 35.6 Å². The SMILES string of the molecule is O=COC1=Cc2ccccc2NC1. The number of carbonyl (C=O) groups excluding carboxylic acids is 1. The number of carbonyl (C=O) groups is 1. The number of hydrogen-bond donors (Lipinski definition) is 1. The monoisotopic (exact) mass is 175 g/mol. The van der Waals surface area contributed by atoms with E-state index in [1.165, 1.54) is 0 Å². The van der Waals surface area contributed by atoms with Crippen LogP contribution in [0.15, 0.2) is 30.0 Å². The highest BCUT2D eigenvalue weighted by Gasteiger charge is 2.08. The Bertz CT molecular complexity index is 358. The van der Waals surface area contributed by atoms with Crippen LogP contribution in [0.1, 0.15) is 5.56 Å². The normalized spacial score (nSPS) is 13.7. The molecule has 1 aromatic rings. The summed E-state index contributed by atoms with van der Waals surface area (Å²) in [4.78, 5) is 10.1. The van der Waals surface area contributed by atoms with Gasteiger partial charge >= 0.3 is 0 Å². The van der Waals surface area contributed by atoms with E-state index in [0.717, 1.165) is 11.3 Å². The van der Waals surface area contributed by atoms with E-state index in [1.807, 2.05) is 30.3 Å². The van der Waals surface area contributed by atoms with Crippen molar-refractivity contribution in [2.24, 2.45) is 0 Å². The van der Waals surface area contributed by atoms with Gasteiger partial charge in [-0.05, 0) is 12.1 Å². The first-order valence-corrected chi connectivity index (χ1v) is 4.04.